The van der Waals surface area contributed by atoms with Crippen LogP contribution in [0.25, 0.3) is 0 Å². The van der Waals surface area contributed by atoms with Crippen molar-refractivity contribution in [1.82, 2.24) is 10.2 Å². The van der Waals surface area contributed by atoms with Gasteiger partial charge in [0.25, 0.3) is 11.8 Å². The zero-order valence-electron chi connectivity index (χ0n) is 17.1. The molecule has 8 heteroatoms. The Morgan fingerprint density at radius 1 is 1.21 bits per heavy atom. The lowest BCUT2D eigenvalue weighted by Crippen LogP contribution is -3.16. The molecule has 1 atom stereocenters. The Kier molecular flexibility index (Phi) is 7.48. The van der Waals surface area contributed by atoms with Gasteiger partial charge in [0.15, 0.2) is 24.7 Å². The smallest absolute Gasteiger partial charge is 0.278 e. The number of hydrogen-bond acceptors (Lipinski definition) is 2. The molecule has 1 aliphatic rings. The molecule has 1 aliphatic heterocycles. The van der Waals surface area contributed by atoms with E-state index in [9.17, 15) is 18.4 Å². The lowest BCUT2D eigenvalue weighted by Gasteiger charge is -2.32. The molecule has 1 aromatic rings. The predicted molar refractivity (Wildman–Crippen MR) is 102 cm³/mol. The Morgan fingerprint density at radius 2 is 1.86 bits per heavy atom. The Bertz CT molecular complexity index is 698. The van der Waals surface area contributed by atoms with E-state index in [0.717, 1.165) is 19.2 Å². The molecule has 0 spiro atoms. The molecule has 1 heterocycles. The molecule has 6 nitrogen and oxygen atoms in total. The van der Waals surface area contributed by atoms with E-state index < -0.39 is 11.6 Å². The number of nitrogens with two attached hydrogens (primary N) is 1. The highest BCUT2D eigenvalue weighted by Crippen LogP contribution is 2.13. The fourth-order valence-corrected chi connectivity index (χ4v) is 3.28. The van der Waals surface area contributed by atoms with Gasteiger partial charge in [0, 0.05) is 11.1 Å². The molecular formula is C20H32F2N4O2+2. The molecule has 0 aliphatic carbocycles. The average molecular weight is 398 g/mol. The molecule has 0 aromatic heterocycles. The minimum absolute atomic E-state index is 0.0210. The van der Waals surface area contributed by atoms with Gasteiger partial charge in [-0.15, -0.1) is 0 Å². The van der Waals surface area contributed by atoms with Crippen molar-refractivity contribution in [2.75, 3.05) is 39.3 Å². The monoisotopic (exact) mass is 398 g/mol. The summed E-state index contributed by atoms with van der Waals surface area (Å²) in [4.78, 5) is 27.5. The molecule has 2 rings (SSSR count). The second kappa shape index (κ2) is 9.43. The van der Waals surface area contributed by atoms with Crippen LogP contribution in [0.3, 0.4) is 0 Å². The van der Waals surface area contributed by atoms with Crippen LogP contribution in [-0.2, 0) is 9.59 Å². The number of amides is 2. The number of nitrogens with zero attached hydrogens (tertiary/aromatic N) is 1. The first-order valence-electron chi connectivity index (χ1n) is 9.76. The van der Waals surface area contributed by atoms with Gasteiger partial charge in [0.1, 0.15) is 6.04 Å². The van der Waals surface area contributed by atoms with Crippen LogP contribution in [0.5, 0.6) is 0 Å². The predicted octanol–water partition coefficient (Wildman–Crippen LogP) is -0.769. The molecule has 28 heavy (non-hydrogen) atoms. The first-order valence-corrected chi connectivity index (χ1v) is 9.76. The van der Waals surface area contributed by atoms with Gasteiger partial charge < -0.3 is 20.4 Å². The van der Waals surface area contributed by atoms with Crippen molar-refractivity contribution in [2.24, 2.45) is 0 Å². The molecule has 1 saturated heterocycles. The van der Waals surface area contributed by atoms with Gasteiger partial charge in [-0.25, -0.2) is 8.78 Å². The van der Waals surface area contributed by atoms with Gasteiger partial charge in [-0.2, -0.15) is 0 Å². The summed E-state index contributed by atoms with van der Waals surface area (Å²) in [6.45, 7) is 11.1. The standard InChI is InChI=1S/C20H30F2N4O2/c1-14(15-5-6-16(21)17(22)11-15)23-12-19(28)26-9-7-25(8-10-26)13-18(27)24-20(2,3)4/h5-6,11,14,23H,7-10,12-13H2,1-4H3,(H,24,27)/p+2/t14-/m1/s1. The summed E-state index contributed by atoms with van der Waals surface area (Å²) in [7, 11) is 0. The second-order valence-corrected chi connectivity index (χ2v) is 8.51. The van der Waals surface area contributed by atoms with Gasteiger partial charge >= 0.3 is 0 Å². The summed E-state index contributed by atoms with van der Waals surface area (Å²) in [5.74, 6) is -1.70. The Balaban J connectivity index is 1.74. The number of halogens is 2. The number of nitrogens with one attached hydrogen (secondary N) is 2. The zero-order chi connectivity index (χ0) is 20.9. The van der Waals surface area contributed by atoms with E-state index >= 15 is 0 Å². The maximum absolute atomic E-state index is 13.4. The van der Waals surface area contributed by atoms with Crippen molar-refractivity contribution in [1.29, 1.82) is 0 Å². The fraction of sp³-hybridized carbons (Fsp3) is 0.600. The van der Waals surface area contributed by atoms with Crippen LogP contribution in [-0.4, -0.2) is 61.5 Å². The van der Waals surface area contributed by atoms with E-state index in [1.54, 1.807) is 4.90 Å². The summed E-state index contributed by atoms with van der Waals surface area (Å²) >= 11 is 0. The van der Waals surface area contributed by atoms with Crippen LogP contribution in [0.4, 0.5) is 8.78 Å². The van der Waals surface area contributed by atoms with Crippen molar-refractivity contribution in [3.05, 3.63) is 35.4 Å². The van der Waals surface area contributed by atoms with Crippen LogP contribution in [0.1, 0.15) is 39.3 Å². The molecule has 0 saturated carbocycles. The van der Waals surface area contributed by atoms with Gasteiger partial charge in [0.05, 0.1) is 26.2 Å². The lowest BCUT2D eigenvalue weighted by atomic mass is 10.1. The molecular weight excluding hydrogens is 366 g/mol. The van der Waals surface area contributed by atoms with Crippen molar-refractivity contribution in [3.8, 4) is 0 Å². The third kappa shape index (κ3) is 6.83. The van der Waals surface area contributed by atoms with Gasteiger partial charge in [-0.3, -0.25) is 9.59 Å². The molecule has 0 radical (unpaired) electrons. The highest BCUT2D eigenvalue weighted by atomic mass is 19.2. The topological polar surface area (TPSA) is 70.5 Å². The van der Waals surface area contributed by atoms with Crippen LogP contribution < -0.4 is 15.5 Å². The molecule has 2 amide bonds. The molecule has 4 N–H and O–H groups in total. The Labute approximate surface area is 165 Å². The summed E-state index contributed by atoms with van der Waals surface area (Å²) in [5, 5.41) is 4.79. The number of benzene rings is 1. The van der Waals surface area contributed by atoms with Gasteiger partial charge in [-0.05, 0) is 45.9 Å². The number of carbonyl (C=O) groups is 2. The van der Waals surface area contributed by atoms with Crippen molar-refractivity contribution < 1.29 is 28.6 Å². The Morgan fingerprint density at radius 3 is 2.43 bits per heavy atom. The number of rotatable bonds is 6. The number of hydrogen-bond donors (Lipinski definition) is 3. The van der Waals surface area contributed by atoms with E-state index in [1.165, 1.54) is 17.0 Å². The lowest BCUT2D eigenvalue weighted by molar-refractivity contribution is -0.896. The third-order valence-electron chi connectivity index (χ3n) is 4.86. The quantitative estimate of drug-likeness (QED) is 0.589. The van der Waals surface area contributed by atoms with E-state index in [0.29, 0.717) is 25.2 Å². The van der Waals surface area contributed by atoms with E-state index in [4.69, 9.17) is 0 Å². The highest BCUT2D eigenvalue weighted by molar-refractivity contribution is 5.78. The summed E-state index contributed by atoms with van der Waals surface area (Å²) < 4.78 is 26.4. The summed E-state index contributed by atoms with van der Waals surface area (Å²) in [5.41, 5.74) is 0.402. The highest BCUT2D eigenvalue weighted by Gasteiger charge is 2.27. The van der Waals surface area contributed by atoms with Crippen LogP contribution in [0.2, 0.25) is 0 Å². The first-order chi connectivity index (χ1) is 13.0. The van der Waals surface area contributed by atoms with Gasteiger partial charge in [-0.1, -0.05) is 0 Å². The van der Waals surface area contributed by atoms with E-state index in [2.05, 4.69) is 5.32 Å². The van der Waals surface area contributed by atoms with Crippen molar-refractivity contribution in [2.45, 2.75) is 39.3 Å². The first kappa shape index (κ1) is 22.2. The van der Waals surface area contributed by atoms with Gasteiger partial charge in [0.2, 0.25) is 0 Å². The van der Waals surface area contributed by atoms with E-state index in [1.807, 2.05) is 33.0 Å². The molecule has 0 bridgehead atoms. The number of carbonyl (C=O) groups excluding carboxylic acids is 2. The van der Waals surface area contributed by atoms with Crippen molar-refractivity contribution in [3.63, 3.8) is 0 Å². The van der Waals surface area contributed by atoms with Crippen LogP contribution in [0, 0.1) is 11.6 Å². The molecule has 156 valence electrons. The minimum Gasteiger partial charge on any atom is -0.347 e. The third-order valence-corrected chi connectivity index (χ3v) is 4.86. The summed E-state index contributed by atoms with van der Waals surface area (Å²) in [6.07, 6.45) is 0. The number of quaternary nitrogens is 2. The maximum Gasteiger partial charge on any atom is 0.278 e. The van der Waals surface area contributed by atoms with Crippen LogP contribution >= 0.6 is 0 Å². The minimum atomic E-state index is -0.876. The van der Waals surface area contributed by atoms with Crippen LogP contribution in [0.15, 0.2) is 18.2 Å². The maximum atomic E-state index is 13.4. The fourth-order valence-electron chi connectivity index (χ4n) is 3.28. The molecule has 1 fully saturated rings. The Hall–Kier alpha value is -2.06. The molecule has 0 unspecified atom stereocenters. The normalized spacial score (nSPS) is 16.7. The molecule has 1 aromatic carbocycles. The van der Waals surface area contributed by atoms with E-state index in [-0.39, 0.29) is 29.9 Å². The zero-order valence-corrected chi connectivity index (χ0v) is 17.1. The second-order valence-electron chi connectivity index (χ2n) is 8.51. The summed E-state index contributed by atoms with van der Waals surface area (Å²) in [6, 6.07) is 3.67. The average Bonchev–Trinajstić information content (AvgIpc) is 2.60. The largest absolute Gasteiger partial charge is 0.347 e. The number of piperazine rings is 1. The SMILES string of the molecule is C[C@@H]([NH2+]CC(=O)N1CC[NH+](CC(=O)NC(C)(C)C)CC1)c1ccc(F)c(F)c1. The van der Waals surface area contributed by atoms with Crippen molar-refractivity contribution >= 4 is 11.8 Å².